The molecule has 0 saturated carbocycles. The summed E-state index contributed by atoms with van der Waals surface area (Å²) >= 11 is 0. The molecule has 0 fully saturated rings. The van der Waals surface area contributed by atoms with E-state index >= 15 is 0 Å². The molecule has 0 heterocycles. The van der Waals surface area contributed by atoms with Crippen LogP contribution in [-0.2, 0) is 4.79 Å². The number of carboxylic acids is 1. The normalized spacial score (nSPS) is 11.0. The molecule has 0 amide bonds. The highest BCUT2D eigenvalue weighted by Gasteiger charge is 2.03. The van der Waals surface area contributed by atoms with E-state index in [0.717, 1.165) is 11.3 Å². The summed E-state index contributed by atoms with van der Waals surface area (Å²) in [5.74, 6) is -0.975. The van der Waals surface area contributed by atoms with Gasteiger partial charge in [0.15, 0.2) is 0 Å². The molecule has 0 atom stereocenters. The van der Waals surface area contributed by atoms with Crippen LogP contribution in [0.1, 0.15) is 5.56 Å². The van der Waals surface area contributed by atoms with Crippen molar-refractivity contribution in [3.63, 3.8) is 0 Å². The van der Waals surface area contributed by atoms with Crippen LogP contribution in [0.15, 0.2) is 66.7 Å². The first kappa shape index (κ1) is 11.9. The monoisotopic (exact) mass is 239 g/mol. The van der Waals surface area contributed by atoms with Crippen LogP contribution >= 0.6 is 0 Å². The van der Waals surface area contributed by atoms with Gasteiger partial charge in [0.25, 0.3) is 0 Å². The highest BCUT2D eigenvalue weighted by molar-refractivity contribution is 5.93. The fourth-order valence-electron chi connectivity index (χ4n) is 1.61. The van der Waals surface area contributed by atoms with Crippen molar-refractivity contribution in [3.8, 4) is 0 Å². The topological polar surface area (TPSA) is 49.3 Å². The third-order valence-electron chi connectivity index (χ3n) is 2.41. The second kappa shape index (κ2) is 5.68. The van der Waals surface area contributed by atoms with Gasteiger partial charge in [-0.3, -0.25) is 0 Å². The van der Waals surface area contributed by atoms with E-state index in [1.807, 2.05) is 60.7 Å². The van der Waals surface area contributed by atoms with Gasteiger partial charge in [-0.15, -0.1) is 0 Å². The zero-order valence-electron chi connectivity index (χ0n) is 9.71. The number of carboxylic acid groups (broad SMARTS) is 1. The van der Waals surface area contributed by atoms with Gasteiger partial charge in [0, 0.05) is 11.8 Å². The molecule has 0 unspecified atom stereocenters. The predicted molar refractivity (Wildman–Crippen MR) is 72.1 cm³/mol. The van der Waals surface area contributed by atoms with Crippen molar-refractivity contribution in [3.05, 3.63) is 72.3 Å². The van der Waals surface area contributed by atoms with Crippen molar-refractivity contribution in [1.82, 2.24) is 0 Å². The Hall–Kier alpha value is -2.55. The smallest absolute Gasteiger partial charge is 0.330 e. The molecular weight excluding hydrogens is 226 g/mol. The molecule has 0 aromatic heterocycles. The maximum Gasteiger partial charge on any atom is 0.330 e. The van der Waals surface area contributed by atoms with E-state index in [1.165, 1.54) is 6.08 Å². The highest BCUT2D eigenvalue weighted by Crippen LogP contribution is 2.17. The number of benzene rings is 2. The summed E-state index contributed by atoms with van der Waals surface area (Å²) in [7, 11) is 0. The number of hydrogen-bond acceptors (Lipinski definition) is 2. The first-order valence-corrected chi connectivity index (χ1v) is 5.58. The van der Waals surface area contributed by atoms with Crippen molar-refractivity contribution in [2.45, 2.75) is 0 Å². The zero-order valence-corrected chi connectivity index (χ0v) is 9.71. The Morgan fingerprint density at radius 1 is 0.944 bits per heavy atom. The number of carbonyl (C=O) groups is 1. The lowest BCUT2D eigenvalue weighted by molar-refractivity contribution is -0.131. The van der Waals surface area contributed by atoms with E-state index in [0.29, 0.717) is 5.70 Å². The van der Waals surface area contributed by atoms with Gasteiger partial charge in [0.05, 0.1) is 5.70 Å². The van der Waals surface area contributed by atoms with Crippen LogP contribution in [0.4, 0.5) is 5.69 Å². The first-order valence-electron chi connectivity index (χ1n) is 5.58. The van der Waals surface area contributed by atoms with E-state index < -0.39 is 5.97 Å². The SMILES string of the molecule is O=C(O)C=C(Nc1ccccc1)c1ccccc1. The molecule has 0 aliphatic rings. The zero-order chi connectivity index (χ0) is 12.8. The molecule has 2 aromatic rings. The van der Waals surface area contributed by atoms with Crippen molar-refractivity contribution < 1.29 is 9.90 Å². The van der Waals surface area contributed by atoms with E-state index in [4.69, 9.17) is 5.11 Å². The summed E-state index contributed by atoms with van der Waals surface area (Å²) in [6.45, 7) is 0. The Kier molecular flexibility index (Phi) is 3.76. The van der Waals surface area contributed by atoms with Crippen LogP contribution in [0.3, 0.4) is 0 Å². The largest absolute Gasteiger partial charge is 0.478 e. The number of aliphatic carboxylic acids is 1. The van der Waals surface area contributed by atoms with E-state index in [1.54, 1.807) is 0 Å². The van der Waals surface area contributed by atoms with Gasteiger partial charge in [-0.1, -0.05) is 48.5 Å². The predicted octanol–water partition coefficient (Wildman–Crippen LogP) is 3.22. The van der Waals surface area contributed by atoms with Crippen LogP contribution in [0.5, 0.6) is 0 Å². The molecule has 0 saturated heterocycles. The van der Waals surface area contributed by atoms with Gasteiger partial charge < -0.3 is 10.4 Å². The van der Waals surface area contributed by atoms with Gasteiger partial charge in [-0.05, 0) is 17.7 Å². The third-order valence-corrected chi connectivity index (χ3v) is 2.41. The molecule has 0 spiro atoms. The Morgan fingerprint density at radius 3 is 2.06 bits per heavy atom. The average molecular weight is 239 g/mol. The van der Waals surface area contributed by atoms with Crippen LogP contribution < -0.4 is 5.32 Å². The summed E-state index contributed by atoms with van der Waals surface area (Å²) in [6.07, 6.45) is 1.17. The van der Waals surface area contributed by atoms with E-state index in [2.05, 4.69) is 5.32 Å². The minimum absolute atomic E-state index is 0.564. The summed E-state index contributed by atoms with van der Waals surface area (Å²) in [4.78, 5) is 10.9. The van der Waals surface area contributed by atoms with E-state index in [-0.39, 0.29) is 0 Å². The Labute approximate surface area is 105 Å². The Morgan fingerprint density at radius 2 is 1.50 bits per heavy atom. The molecule has 2 N–H and O–H groups in total. The number of rotatable bonds is 4. The minimum atomic E-state index is -0.975. The van der Waals surface area contributed by atoms with Gasteiger partial charge >= 0.3 is 5.97 Å². The maximum atomic E-state index is 10.9. The Balaban J connectivity index is 2.31. The first-order chi connectivity index (χ1) is 8.75. The van der Waals surface area contributed by atoms with E-state index in [9.17, 15) is 4.79 Å². The quantitative estimate of drug-likeness (QED) is 0.805. The van der Waals surface area contributed by atoms with Crippen LogP contribution in [0.2, 0.25) is 0 Å². The summed E-state index contributed by atoms with van der Waals surface area (Å²) in [5.41, 5.74) is 2.26. The fourth-order valence-corrected chi connectivity index (χ4v) is 1.61. The number of anilines is 1. The molecular formula is C15H13NO2. The van der Waals surface area contributed by atoms with Crippen LogP contribution in [0, 0.1) is 0 Å². The van der Waals surface area contributed by atoms with Gasteiger partial charge in [-0.25, -0.2) is 4.79 Å². The number of nitrogens with one attached hydrogen (secondary N) is 1. The van der Waals surface area contributed by atoms with Crippen molar-refractivity contribution in [2.75, 3.05) is 5.32 Å². The molecule has 90 valence electrons. The summed E-state index contributed by atoms with van der Waals surface area (Å²) < 4.78 is 0. The average Bonchev–Trinajstić information content (AvgIpc) is 2.40. The number of hydrogen-bond donors (Lipinski definition) is 2. The molecule has 3 heteroatoms. The molecule has 3 nitrogen and oxygen atoms in total. The highest BCUT2D eigenvalue weighted by atomic mass is 16.4. The van der Waals surface area contributed by atoms with Crippen LogP contribution in [-0.4, -0.2) is 11.1 Å². The molecule has 0 bridgehead atoms. The number of para-hydroxylation sites is 1. The van der Waals surface area contributed by atoms with Gasteiger partial charge in [0.1, 0.15) is 0 Å². The molecule has 0 aliphatic carbocycles. The summed E-state index contributed by atoms with van der Waals surface area (Å²) in [5, 5.41) is 12.0. The fraction of sp³-hybridized carbons (Fsp3) is 0. The molecule has 0 radical (unpaired) electrons. The van der Waals surface area contributed by atoms with Crippen molar-refractivity contribution in [1.29, 1.82) is 0 Å². The standard InChI is InChI=1S/C15H13NO2/c17-15(18)11-14(12-7-3-1-4-8-12)16-13-9-5-2-6-10-13/h1-11,16H,(H,17,18). The second-order valence-electron chi connectivity index (χ2n) is 3.75. The van der Waals surface area contributed by atoms with Crippen LogP contribution in [0.25, 0.3) is 5.70 Å². The molecule has 2 rings (SSSR count). The Bertz CT molecular complexity index is 547. The van der Waals surface area contributed by atoms with Gasteiger partial charge in [-0.2, -0.15) is 0 Å². The van der Waals surface area contributed by atoms with Gasteiger partial charge in [0.2, 0.25) is 0 Å². The third kappa shape index (κ3) is 3.22. The summed E-state index contributed by atoms with van der Waals surface area (Å²) in [6, 6.07) is 18.8. The molecule has 0 aliphatic heterocycles. The molecule has 2 aromatic carbocycles. The van der Waals surface area contributed by atoms with Crippen molar-refractivity contribution >= 4 is 17.4 Å². The minimum Gasteiger partial charge on any atom is -0.478 e. The maximum absolute atomic E-state index is 10.9. The lowest BCUT2D eigenvalue weighted by Gasteiger charge is -2.10. The lowest BCUT2D eigenvalue weighted by atomic mass is 10.1. The van der Waals surface area contributed by atoms with Crippen molar-refractivity contribution in [2.24, 2.45) is 0 Å². The lowest BCUT2D eigenvalue weighted by Crippen LogP contribution is -2.02. The second-order valence-corrected chi connectivity index (χ2v) is 3.75. The molecule has 18 heavy (non-hydrogen) atoms.